The smallest absolute Gasteiger partial charge is 0.319 e. The molecule has 2 aliphatic heterocycles. The van der Waals surface area contributed by atoms with Crippen LogP contribution < -0.4 is 24.8 Å². The topological polar surface area (TPSA) is 89.1 Å². The molecule has 2 heterocycles. The first-order valence-electron chi connectivity index (χ1n) is 10.5. The van der Waals surface area contributed by atoms with Gasteiger partial charge in [-0.15, -0.1) is 0 Å². The standard InChI is InChI=1S/C24H27N3O5/c1-30-18-12-16(13-19(31-2)22(18)32-3)21-20-17(25-24(29)26-21)14-27(23(20)28)11-7-10-15-8-5-4-6-9-15/h4-6,8-9,12-13,21H,7,10-11,14H2,1-3H3,(H2,25,26,29). The number of nitrogens with one attached hydrogen (secondary N) is 2. The van der Waals surface area contributed by atoms with Crippen molar-refractivity contribution in [1.29, 1.82) is 0 Å². The minimum atomic E-state index is -0.612. The molecule has 0 fully saturated rings. The van der Waals surface area contributed by atoms with E-state index in [4.69, 9.17) is 14.2 Å². The molecule has 32 heavy (non-hydrogen) atoms. The van der Waals surface area contributed by atoms with Crippen molar-refractivity contribution in [2.75, 3.05) is 34.4 Å². The fourth-order valence-electron chi connectivity index (χ4n) is 4.25. The monoisotopic (exact) mass is 437 g/mol. The summed E-state index contributed by atoms with van der Waals surface area (Å²) in [6.45, 7) is 0.996. The van der Waals surface area contributed by atoms with Gasteiger partial charge in [-0.05, 0) is 36.1 Å². The molecule has 8 nitrogen and oxygen atoms in total. The quantitative estimate of drug-likeness (QED) is 0.663. The van der Waals surface area contributed by atoms with Gasteiger partial charge in [0.2, 0.25) is 5.75 Å². The Hall–Kier alpha value is -3.68. The molecule has 0 radical (unpaired) electrons. The van der Waals surface area contributed by atoms with Gasteiger partial charge in [0.05, 0.1) is 45.2 Å². The molecule has 3 amide bonds. The lowest BCUT2D eigenvalue weighted by Gasteiger charge is -2.26. The van der Waals surface area contributed by atoms with Crippen molar-refractivity contribution < 1.29 is 23.8 Å². The third-order valence-corrected chi connectivity index (χ3v) is 5.78. The Bertz CT molecular complexity index is 1030. The third kappa shape index (κ3) is 4.08. The van der Waals surface area contributed by atoms with E-state index in [0.717, 1.165) is 12.8 Å². The van der Waals surface area contributed by atoms with Crippen molar-refractivity contribution in [3.05, 3.63) is 64.9 Å². The van der Waals surface area contributed by atoms with Crippen molar-refractivity contribution in [3.8, 4) is 17.2 Å². The predicted octanol–water partition coefficient (Wildman–Crippen LogP) is 2.80. The summed E-state index contributed by atoms with van der Waals surface area (Å²) in [5, 5.41) is 5.68. The number of hydrogen-bond donors (Lipinski definition) is 2. The first-order valence-corrected chi connectivity index (χ1v) is 10.5. The number of ether oxygens (including phenoxy) is 3. The van der Waals surface area contributed by atoms with Crippen molar-refractivity contribution in [2.45, 2.75) is 18.9 Å². The molecule has 2 aliphatic rings. The summed E-state index contributed by atoms with van der Waals surface area (Å²) in [7, 11) is 4.59. The first kappa shape index (κ1) is 21.5. The zero-order valence-electron chi connectivity index (χ0n) is 18.4. The number of nitrogens with zero attached hydrogens (tertiary/aromatic N) is 1. The molecule has 8 heteroatoms. The SMILES string of the molecule is COc1cc(C2NC(=O)NC3=C2C(=O)N(CCCc2ccccc2)C3)cc(OC)c1OC. The number of benzene rings is 2. The van der Waals surface area contributed by atoms with E-state index in [9.17, 15) is 9.59 Å². The molecule has 4 rings (SSSR count). The average Bonchev–Trinajstić information content (AvgIpc) is 3.13. The summed E-state index contributed by atoms with van der Waals surface area (Å²) in [6, 6.07) is 12.7. The van der Waals surface area contributed by atoms with E-state index in [1.165, 1.54) is 26.9 Å². The summed E-state index contributed by atoms with van der Waals surface area (Å²) >= 11 is 0. The minimum Gasteiger partial charge on any atom is -0.493 e. The van der Waals surface area contributed by atoms with E-state index in [-0.39, 0.29) is 11.9 Å². The van der Waals surface area contributed by atoms with Crippen LogP contribution in [0, 0.1) is 0 Å². The van der Waals surface area contributed by atoms with Crippen LogP contribution in [0.15, 0.2) is 53.7 Å². The Morgan fingerprint density at radius 3 is 2.31 bits per heavy atom. The van der Waals surface area contributed by atoms with Crippen LogP contribution in [0.1, 0.15) is 23.6 Å². The molecule has 2 N–H and O–H groups in total. The lowest BCUT2D eigenvalue weighted by molar-refractivity contribution is -0.125. The van der Waals surface area contributed by atoms with Crippen LogP contribution in [0.2, 0.25) is 0 Å². The summed E-state index contributed by atoms with van der Waals surface area (Å²) in [6.07, 6.45) is 1.72. The van der Waals surface area contributed by atoms with Crippen LogP contribution in [0.4, 0.5) is 4.79 Å². The van der Waals surface area contributed by atoms with Gasteiger partial charge in [0.25, 0.3) is 5.91 Å². The number of amides is 3. The Morgan fingerprint density at radius 1 is 1.00 bits per heavy atom. The molecular formula is C24H27N3O5. The average molecular weight is 437 g/mol. The Labute approximate surface area is 187 Å². The van der Waals surface area contributed by atoms with Crippen molar-refractivity contribution in [2.24, 2.45) is 0 Å². The van der Waals surface area contributed by atoms with Gasteiger partial charge in [-0.1, -0.05) is 30.3 Å². The molecule has 0 spiro atoms. The maximum Gasteiger partial charge on any atom is 0.319 e. The maximum atomic E-state index is 13.3. The molecule has 0 aliphatic carbocycles. The van der Waals surface area contributed by atoms with E-state index < -0.39 is 6.04 Å². The zero-order valence-corrected chi connectivity index (χ0v) is 18.4. The number of carbonyl (C=O) groups excluding carboxylic acids is 2. The van der Waals surface area contributed by atoms with Gasteiger partial charge in [-0.2, -0.15) is 0 Å². The van der Waals surface area contributed by atoms with Crippen LogP contribution in [0.3, 0.4) is 0 Å². The second kappa shape index (κ2) is 9.21. The van der Waals surface area contributed by atoms with Crippen LogP contribution in [0.5, 0.6) is 17.2 Å². The molecular weight excluding hydrogens is 410 g/mol. The van der Waals surface area contributed by atoms with Gasteiger partial charge >= 0.3 is 6.03 Å². The number of urea groups is 1. The zero-order chi connectivity index (χ0) is 22.7. The molecule has 0 saturated carbocycles. The second-order valence-electron chi connectivity index (χ2n) is 7.70. The molecule has 2 aromatic carbocycles. The van der Waals surface area contributed by atoms with Crippen LogP contribution in [-0.4, -0.2) is 51.3 Å². The summed E-state index contributed by atoms with van der Waals surface area (Å²) in [5.74, 6) is 1.29. The number of methoxy groups -OCH3 is 3. The molecule has 0 aromatic heterocycles. The normalized spacial score (nSPS) is 17.6. The highest BCUT2D eigenvalue weighted by atomic mass is 16.5. The van der Waals surface area contributed by atoms with E-state index in [1.807, 2.05) is 18.2 Å². The minimum absolute atomic E-state index is 0.0840. The lowest BCUT2D eigenvalue weighted by Crippen LogP contribution is -2.44. The molecule has 2 aromatic rings. The molecule has 0 saturated heterocycles. The number of aryl methyl sites for hydroxylation is 1. The Kier molecular flexibility index (Phi) is 6.20. The highest BCUT2D eigenvalue weighted by Crippen LogP contribution is 2.42. The van der Waals surface area contributed by atoms with Gasteiger partial charge < -0.3 is 29.7 Å². The molecule has 168 valence electrons. The fraction of sp³-hybridized carbons (Fsp3) is 0.333. The largest absolute Gasteiger partial charge is 0.493 e. The highest BCUT2D eigenvalue weighted by molar-refractivity contribution is 6.01. The molecule has 1 atom stereocenters. The number of hydrogen-bond acceptors (Lipinski definition) is 5. The Balaban J connectivity index is 1.56. The van der Waals surface area contributed by atoms with Gasteiger partial charge in [0.15, 0.2) is 11.5 Å². The summed E-state index contributed by atoms with van der Waals surface area (Å²) < 4.78 is 16.3. The summed E-state index contributed by atoms with van der Waals surface area (Å²) in [4.78, 5) is 27.4. The van der Waals surface area contributed by atoms with Gasteiger partial charge in [0, 0.05) is 6.54 Å². The Morgan fingerprint density at radius 2 is 1.69 bits per heavy atom. The van der Waals surface area contributed by atoms with Crippen molar-refractivity contribution in [1.82, 2.24) is 15.5 Å². The first-order chi connectivity index (χ1) is 15.5. The van der Waals surface area contributed by atoms with E-state index >= 15 is 0 Å². The second-order valence-corrected chi connectivity index (χ2v) is 7.70. The molecule has 0 bridgehead atoms. The van der Waals surface area contributed by atoms with Gasteiger partial charge in [-0.25, -0.2) is 4.79 Å². The fourth-order valence-corrected chi connectivity index (χ4v) is 4.25. The third-order valence-electron chi connectivity index (χ3n) is 5.78. The molecule has 1 unspecified atom stereocenters. The number of rotatable bonds is 8. The van der Waals surface area contributed by atoms with Gasteiger partial charge in [-0.3, -0.25) is 4.79 Å². The lowest BCUT2D eigenvalue weighted by atomic mass is 9.95. The van der Waals surface area contributed by atoms with Crippen LogP contribution in [-0.2, 0) is 11.2 Å². The van der Waals surface area contributed by atoms with Crippen molar-refractivity contribution in [3.63, 3.8) is 0 Å². The highest BCUT2D eigenvalue weighted by Gasteiger charge is 2.40. The number of carbonyl (C=O) groups is 2. The van der Waals surface area contributed by atoms with Gasteiger partial charge in [0.1, 0.15) is 0 Å². The predicted molar refractivity (Wildman–Crippen MR) is 119 cm³/mol. The van der Waals surface area contributed by atoms with E-state index in [1.54, 1.807) is 17.0 Å². The van der Waals surface area contributed by atoms with Crippen molar-refractivity contribution >= 4 is 11.9 Å². The van der Waals surface area contributed by atoms with E-state index in [0.29, 0.717) is 47.2 Å². The van der Waals surface area contributed by atoms with Crippen LogP contribution >= 0.6 is 0 Å². The van der Waals surface area contributed by atoms with Crippen LogP contribution in [0.25, 0.3) is 0 Å². The maximum absolute atomic E-state index is 13.3. The summed E-state index contributed by atoms with van der Waals surface area (Å²) in [5.41, 5.74) is 3.10. The van der Waals surface area contributed by atoms with E-state index in [2.05, 4.69) is 22.8 Å².